The largest absolute Gasteiger partial charge is 0.392 e. The molecule has 0 bridgehead atoms. The second-order valence-corrected chi connectivity index (χ2v) is 12.5. The van der Waals surface area contributed by atoms with Crippen molar-refractivity contribution in [2.75, 3.05) is 11.9 Å². The van der Waals surface area contributed by atoms with Crippen LogP contribution in [-0.4, -0.2) is 69.8 Å². The summed E-state index contributed by atoms with van der Waals surface area (Å²) in [5.41, 5.74) is -0.299. The highest BCUT2D eigenvalue weighted by atomic mass is 28.4. The summed E-state index contributed by atoms with van der Waals surface area (Å²) in [4.78, 5) is 35.5. The summed E-state index contributed by atoms with van der Waals surface area (Å²) in [6, 6.07) is 0. The molecule has 32 heavy (non-hydrogen) atoms. The molecule has 4 rings (SSSR count). The van der Waals surface area contributed by atoms with Gasteiger partial charge in [0.1, 0.15) is 18.3 Å². The number of anilines is 1. The number of aromatic nitrogens is 4. The highest BCUT2D eigenvalue weighted by Gasteiger charge is 2.51. The van der Waals surface area contributed by atoms with E-state index >= 15 is 0 Å². The van der Waals surface area contributed by atoms with Crippen molar-refractivity contribution in [2.45, 2.75) is 71.1 Å². The Balaban J connectivity index is 1.68. The number of carbonyl (C=O) groups excluding carboxylic acids is 1. The van der Waals surface area contributed by atoms with Crippen LogP contribution in [0.1, 0.15) is 33.9 Å². The molecular weight excluding hydrogens is 438 g/mol. The second kappa shape index (κ2) is 8.00. The summed E-state index contributed by atoms with van der Waals surface area (Å²) in [5.74, 6) is -1.59. The number of hydrogen-bond donors (Lipinski definition) is 3. The molecule has 4 heterocycles. The minimum Gasteiger partial charge on any atom is -0.392 e. The second-order valence-electron chi connectivity index (χ2n) is 9.23. The van der Waals surface area contributed by atoms with Crippen LogP contribution in [0.4, 0.5) is 5.95 Å². The average molecular weight is 468 g/mol. The van der Waals surface area contributed by atoms with Crippen molar-refractivity contribution in [1.29, 1.82) is 0 Å². The van der Waals surface area contributed by atoms with Crippen LogP contribution < -0.4 is 10.9 Å². The number of amides is 1. The zero-order valence-corrected chi connectivity index (χ0v) is 19.9. The van der Waals surface area contributed by atoms with E-state index in [2.05, 4.69) is 20.3 Å². The number of aromatic amines is 1. The van der Waals surface area contributed by atoms with Gasteiger partial charge in [0.05, 0.1) is 12.9 Å². The lowest BCUT2D eigenvalue weighted by Crippen LogP contribution is -2.54. The molecule has 4 atom stereocenters. The molecule has 1 unspecified atom stereocenters. The Morgan fingerprint density at radius 3 is 2.81 bits per heavy atom. The van der Waals surface area contributed by atoms with E-state index in [1.165, 1.54) is 10.9 Å². The molecule has 1 amide bonds. The molecule has 2 aliphatic rings. The zero-order valence-electron chi connectivity index (χ0n) is 18.9. The van der Waals surface area contributed by atoms with Crippen LogP contribution in [0.5, 0.6) is 0 Å². The molecule has 2 fully saturated rings. The zero-order chi connectivity index (χ0) is 23.4. The molecule has 2 aromatic heterocycles. The lowest BCUT2D eigenvalue weighted by molar-refractivity contribution is -0.235. The molecule has 176 valence electrons. The molecule has 3 N–H and O–H groups in total. The van der Waals surface area contributed by atoms with Gasteiger partial charge < -0.3 is 23.4 Å². The lowest BCUT2D eigenvalue weighted by atomic mass is 10.1. The van der Waals surface area contributed by atoms with Crippen LogP contribution in [-0.2, 0) is 23.1 Å². The van der Waals surface area contributed by atoms with Crippen LogP contribution in [0.3, 0.4) is 0 Å². The van der Waals surface area contributed by atoms with Gasteiger partial charge in [0, 0.05) is 5.92 Å². The highest BCUT2D eigenvalue weighted by molar-refractivity contribution is 6.64. The highest BCUT2D eigenvalue weighted by Crippen LogP contribution is 2.37. The monoisotopic (exact) mass is 467 g/mol. The number of carbonyl (C=O) groups is 1. The van der Waals surface area contributed by atoms with E-state index in [4.69, 9.17) is 18.3 Å². The average Bonchev–Trinajstić information content (AvgIpc) is 3.20. The minimum absolute atomic E-state index is 0.0108. The molecule has 0 saturated carbocycles. The maximum atomic E-state index is 12.5. The van der Waals surface area contributed by atoms with Crippen molar-refractivity contribution in [2.24, 2.45) is 5.92 Å². The number of rotatable bonds is 3. The maximum Gasteiger partial charge on any atom is 0.333 e. The van der Waals surface area contributed by atoms with E-state index in [9.17, 15) is 14.7 Å². The fraction of sp³-hybridized carbons (Fsp3) is 0.684. The lowest BCUT2D eigenvalue weighted by Gasteiger charge is -2.40. The van der Waals surface area contributed by atoms with Crippen molar-refractivity contribution in [3.63, 3.8) is 0 Å². The first kappa shape index (κ1) is 23.0. The van der Waals surface area contributed by atoms with E-state index in [1.807, 2.05) is 13.1 Å². The third kappa shape index (κ3) is 4.36. The number of fused-ring (bicyclic) bond motifs is 2. The Kier molecular flexibility index (Phi) is 5.76. The third-order valence-corrected chi connectivity index (χ3v) is 7.13. The first-order chi connectivity index (χ1) is 14.9. The molecule has 0 radical (unpaired) electrons. The molecule has 0 aromatic carbocycles. The first-order valence-corrected chi connectivity index (χ1v) is 13.3. The number of imidazole rings is 1. The number of ether oxygens (including phenoxy) is 2. The van der Waals surface area contributed by atoms with Gasteiger partial charge in [-0.05, 0) is 26.9 Å². The quantitative estimate of drug-likeness (QED) is 0.558. The van der Waals surface area contributed by atoms with E-state index in [-0.39, 0.29) is 35.5 Å². The van der Waals surface area contributed by atoms with Crippen molar-refractivity contribution in [1.82, 2.24) is 19.5 Å². The van der Waals surface area contributed by atoms with Gasteiger partial charge in [-0.25, -0.2) is 4.98 Å². The van der Waals surface area contributed by atoms with Gasteiger partial charge in [0.25, 0.3) is 5.56 Å². The predicted molar refractivity (Wildman–Crippen MR) is 115 cm³/mol. The summed E-state index contributed by atoms with van der Waals surface area (Å²) in [6.45, 7) is 11.0. The normalized spacial score (nSPS) is 29.5. The summed E-state index contributed by atoms with van der Waals surface area (Å²) >= 11 is 0. The Morgan fingerprint density at radius 2 is 2.12 bits per heavy atom. The summed E-state index contributed by atoms with van der Waals surface area (Å²) < 4.78 is 25.7. The third-order valence-electron chi connectivity index (χ3n) is 5.29. The standard InChI is InChI=1S/C19H29N5O7Si/c1-9(2)15(26)22-18-21-14-11(16(27)23-18)20-8-24(14)17-12(25)13-10(29-17)7-28-32(5,6)31-19(3,4)30-13/h8-10,12-13,17,25H,7H2,1-6H3,(H2,21,22,23,26,27)/t10-,12+,13?,17-/m1/s1. The van der Waals surface area contributed by atoms with Crippen LogP contribution in [0.15, 0.2) is 11.1 Å². The first-order valence-electron chi connectivity index (χ1n) is 10.5. The number of aliphatic hydroxyl groups excluding tert-OH is 1. The van der Waals surface area contributed by atoms with Gasteiger partial charge in [-0.1, -0.05) is 13.8 Å². The van der Waals surface area contributed by atoms with Gasteiger partial charge in [-0.2, -0.15) is 4.98 Å². The predicted octanol–water partition coefficient (Wildman–Crippen LogP) is 0.842. The number of nitrogens with zero attached hydrogens (tertiary/aromatic N) is 3. The minimum atomic E-state index is -2.47. The van der Waals surface area contributed by atoms with Crippen LogP contribution in [0, 0.1) is 5.92 Å². The Morgan fingerprint density at radius 1 is 1.41 bits per heavy atom. The smallest absolute Gasteiger partial charge is 0.333 e. The summed E-state index contributed by atoms with van der Waals surface area (Å²) in [7, 11) is -2.47. The number of aliphatic hydroxyl groups is 1. The fourth-order valence-electron chi connectivity index (χ4n) is 3.92. The van der Waals surface area contributed by atoms with E-state index in [1.54, 1.807) is 27.7 Å². The van der Waals surface area contributed by atoms with Gasteiger partial charge in [-0.15, -0.1) is 0 Å². The van der Waals surface area contributed by atoms with Crippen molar-refractivity contribution in [3.8, 4) is 0 Å². The molecule has 0 aliphatic carbocycles. The molecule has 13 heteroatoms. The van der Waals surface area contributed by atoms with Gasteiger partial charge in [0.2, 0.25) is 11.9 Å². The van der Waals surface area contributed by atoms with E-state index in [0.29, 0.717) is 0 Å². The SMILES string of the molecule is CC(C)C(=O)Nc1nc2c(ncn2[C@@H]2O[C@@H]3CO[Si](C)(C)OC(C)(C)OC3[C@@H]2O)c(=O)[nH]1. The van der Waals surface area contributed by atoms with Gasteiger partial charge in [-0.3, -0.25) is 24.5 Å². The van der Waals surface area contributed by atoms with E-state index < -0.39 is 44.4 Å². The van der Waals surface area contributed by atoms with Crippen LogP contribution >= 0.6 is 0 Å². The van der Waals surface area contributed by atoms with Crippen LogP contribution in [0.2, 0.25) is 13.1 Å². The molecule has 2 aliphatic heterocycles. The summed E-state index contributed by atoms with van der Waals surface area (Å²) in [5, 5.41) is 13.6. The Labute approximate surface area is 185 Å². The molecular formula is C19H29N5O7Si. The topological polar surface area (TPSA) is 150 Å². The van der Waals surface area contributed by atoms with Crippen LogP contribution in [0.25, 0.3) is 11.2 Å². The Hall–Kier alpha value is -2.16. The molecule has 2 aromatic rings. The number of H-pyrrole nitrogens is 1. The fourth-order valence-corrected chi connectivity index (χ4v) is 5.77. The molecule has 12 nitrogen and oxygen atoms in total. The number of nitrogens with one attached hydrogen (secondary N) is 2. The molecule has 0 spiro atoms. The van der Waals surface area contributed by atoms with E-state index in [0.717, 1.165) is 0 Å². The van der Waals surface area contributed by atoms with Gasteiger partial charge >= 0.3 is 8.56 Å². The van der Waals surface area contributed by atoms with Gasteiger partial charge in [0.15, 0.2) is 23.2 Å². The maximum absolute atomic E-state index is 12.5. The Bertz CT molecular complexity index is 1080. The number of hydrogen-bond acceptors (Lipinski definition) is 9. The van der Waals surface area contributed by atoms with Crippen molar-refractivity contribution >= 4 is 31.6 Å². The molecule has 2 saturated heterocycles. The van der Waals surface area contributed by atoms with Crippen molar-refractivity contribution in [3.05, 3.63) is 16.7 Å². The van der Waals surface area contributed by atoms with Crippen molar-refractivity contribution < 1.29 is 28.2 Å². The summed E-state index contributed by atoms with van der Waals surface area (Å²) in [6.07, 6.45) is -1.97.